The van der Waals surface area contributed by atoms with Crippen LogP contribution in [0.4, 0.5) is 0 Å². The highest BCUT2D eigenvalue weighted by Gasteiger charge is 2.57. The number of nitrogens with zero attached hydrogens (tertiary/aromatic N) is 1. The second-order valence-electron chi connectivity index (χ2n) is 6.92. The topological polar surface area (TPSA) is 3.88 Å². The van der Waals surface area contributed by atoms with Gasteiger partial charge in [0, 0.05) is 25.5 Å². The molecule has 1 atom stereocenters. The first-order chi connectivity index (χ1) is 10.5. The van der Waals surface area contributed by atoms with Crippen LogP contribution in [0.15, 0.2) is 42.6 Å². The number of pyridine rings is 1. The summed E-state index contributed by atoms with van der Waals surface area (Å²) in [5.74, 6) is 0. The lowest BCUT2D eigenvalue weighted by atomic mass is 9.58. The zero-order valence-corrected chi connectivity index (χ0v) is 14.6. The van der Waals surface area contributed by atoms with Crippen molar-refractivity contribution in [2.45, 2.75) is 64.8 Å². The fourth-order valence-electron chi connectivity index (χ4n) is 4.79. The molecule has 22 heavy (non-hydrogen) atoms. The molecule has 1 aliphatic heterocycles. The molecule has 1 nitrogen and oxygen atoms in total. The summed E-state index contributed by atoms with van der Waals surface area (Å²) in [4.78, 5) is 0. The van der Waals surface area contributed by atoms with Crippen LogP contribution in [0, 0.1) is 6.92 Å². The molecule has 0 spiro atoms. The molecule has 3 rings (SSSR count). The summed E-state index contributed by atoms with van der Waals surface area (Å²) >= 11 is 0. The summed E-state index contributed by atoms with van der Waals surface area (Å²) in [5, 5.41) is 0. The molecule has 2 heterocycles. The van der Waals surface area contributed by atoms with Crippen molar-refractivity contribution in [2.75, 3.05) is 0 Å². The second kappa shape index (κ2) is 5.22. The summed E-state index contributed by atoms with van der Waals surface area (Å²) < 4.78 is 2.54. The summed E-state index contributed by atoms with van der Waals surface area (Å²) in [6.07, 6.45) is 5.77. The summed E-state index contributed by atoms with van der Waals surface area (Å²) in [6.45, 7) is 11.7. The molecule has 0 saturated carbocycles. The predicted molar refractivity (Wildman–Crippen MR) is 93.0 cm³/mol. The van der Waals surface area contributed by atoms with E-state index in [0.717, 1.165) is 6.42 Å². The van der Waals surface area contributed by atoms with Gasteiger partial charge in [-0.15, -0.1) is 0 Å². The van der Waals surface area contributed by atoms with Crippen molar-refractivity contribution in [1.82, 2.24) is 0 Å². The number of benzene rings is 1. The van der Waals surface area contributed by atoms with E-state index in [-0.39, 0.29) is 11.0 Å². The minimum Gasteiger partial charge on any atom is -0.192 e. The van der Waals surface area contributed by atoms with Crippen LogP contribution in [0.25, 0.3) is 11.3 Å². The predicted octanol–water partition coefficient (Wildman–Crippen LogP) is 5.15. The first-order valence-electron chi connectivity index (χ1n) is 8.66. The number of hydrogen-bond acceptors (Lipinski definition) is 0. The van der Waals surface area contributed by atoms with Gasteiger partial charge in [-0.1, -0.05) is 38.5 Å². The van der Waals surface area contributed by atoms with Gasteiger partial charge in [0.05, 0.1) is 11.0 Å². The minimum absolute atomic E-state index is 0.119. The second-order valence-corrected chi connectivity index (χ2v) is 6.92. The molecule has 1 heteroatoms. The highest BCUT2D eigenvalue weighted by atomic mass is 15.1. The monoisotopic (exact) mass is 294 g/mol. The standard InChI is InChI=1S/C21H28N/c1-6-20(5)21(7-2,8-3)18-15-16(4)12-13-17(18)19-11-9-10-14-22(19)20/h9-15H,6-8H2,1-5H3/q+1. The Balaban J connectivity index is 2.45. The lowest BCUT2D eigenvalue weighted by molar-refractivity contribution is -0.766. The van der Waals surface area contributed by atoms with E-state index in [2.05, 4.69) is 81.8 Å². The van der Waals surface area contributed by atoms with Gasteiger partial charge in [0.25, 0.3) is 0 Å². The van der Waals surface area contributed by atoms with Gasteiger partial charge in [-0.3, -0.25) is 0 Å². The van der Waals surface area contributed by atoms with Crippen LogP contribution < -0.4 is 4.57 Å². The summed E-state index contributed by atoms with van der Waals surface area (Å²) in [5.41, 5.74) is 6.01. The van der Waals surface area contributed by atoms with Crippen molar-refractivity contribution >= 4 is 0 Å². The highest BCUT2D eigenvalue weighted by Crippen LogP contribution is 2.51. The molecule has 0 bridgehead atoms. The molecule has 1 unspecified atom stereocenters. The quantitative estimate of drug-likeness (QED) is 0.690. The summed E-state index contributed by atoms with van der Waals surface area (Å²) in [7, 11) is 0. The number of aromatic nitrogens is 1. The number of fused-ring (bicyclic) bond motifs is 3. The van der Waals surface area contributed by atoms with Crippen LogP contribution in [0.3, 0.4) is 0 Å². The Kier molecular flexibility index (Phi) is 3.63. The average molecular weight is 294 g/mol. The average Bonchev–Trinajstić information content (AvgIpc) is 2.56. The van der Waals surface area contributed by atoms with Crippen molar-refractivity contribution in [3.8, 4) is 11.3 Å². The Bertz CT molecular complexity index is 697. The Morgan fingerprint density at radius 2 is 1.68 bits per heavy atom. The van der Waals surface area contributed by atoms with Gasteiger partial charge in [-0.2, -0.15) is 4.57 Å². The molecule has 0 radical (unpaired) electrons. The van der Waals surface area contributed by atoms with E-state index >= 15 is 0 Å². The maximum Gasteiger partial charge on any atom is 0.213 e. The molecule has 0 N–H and O–H groups in total. The smallest absolute Gasteiger partial charge is 0.192 e. The first kappa shape index (κ1) is 15.3. The van der Waals surface area contributed by atoms with Gasteiger partial charge in [0.1, 0.15) is 0 Å². The van der Waals surface area contributed by atoms with Gasteiger partial charge in [0.2, 0.25) is 5.69 Å². The first-order valence-corrected chi connectivity index (χ1v) is 8.66. The van der Waals surface area contributed by atoms with Crippen molar-refractivity contribution in [1.29, 1.82) is 0 Å². The zero-order chi connectivity index (χ0) is 16.0. The van der Waals surface area contributed by atoms with E-state index in [4.69, 9.17) is 0 Å². The molecule has 1 aliphatic rings. The van der Waals surface area contributed by atoms with Crippen LogP contribution in [0.2, 0.25) is 0 Å². The molecule has 0 aliphatic carbocycles. The van der Waals surface area contributed by atoms with Gasteiger partial charge in [-0.05, 0) is 37.5 Å². The van der Waals surface area contributed by atoms with Crippen LogP contribution in [0.5, 0.6) is 0 Å². The number of hydrogen-bond donors (Lipinski definition) is 0. The largest absolute Gasteiger partial charge is 0.213 e. The maximum atomic E-state index is 2.54. The number of rotatable bonds is 3. The molecule has 0 amide bonds. The molecule has 0 saturated heterocycles. The van der Waals surface area contributed by atoms with E-state index in [1.165, 1.54) is 29.7 Å². The Morgan fingerprint density at radius 3 is 2.32 bits per heavy atom. The van der Waals surface area contributed by atoms with Crippen LogP contribution in [-0.4, -0.2) is 0 Å². The maximum absolute atomic E-state index is 2.54. The minimum atomic E-state index is 0.119. The Labute approximate surface area is 135 Å². The SMILES string of the molecule is CCC1(CC)c2cc(C)ccc2-c2cccc[n+]2C1(C)CC. The normalized spacial score (nSPS) is 22.0. The third kappa shape index (κ3) is 1.74. The van der Waals surface area contributed by atoms with E-state index in [1.54, 1.807) is 5.56 Å². The molecular weight excluding hydrogens is 266 g/mol. The molecule has 116 valence electrons. The van der Waals surface area contributed by atoms with Crippen LogP contribution in [0.1, 0.15) is 58.1 Å². The van der Waals surface area contributed by atoms with Crippen molar-refractivity contribution in [2.24, 2.45) is 0 Å². The lowest BCUT2D eigenvalue weighted by Gasteiger charge is -2.48. The third-order valence-electron chi connectivity index (χ3n) is 6.28. The molecular formula is C21H28N+. The van der Waals surface area contributed by atoms with Gasteiger partial charge in [-0.25, -0.2) is 0 Å². The van der Waals surface area contributed by atoms with Crippen molar-refractivity contribution < 1.29 is 4.57 Å². The summed E-state index contributed by atoms with van der Waals surface area (Å²) in [6, 6.07) is 13.6. The van der Waals surface area contributed by atoms with Gasteiger partial charge >= 0.3 is 0 Å². The van der Waals surface area contributed by atoms with Crippen LogP contribution in [-0.2, 0) is 11.0 Å². The van der Waals surface area contributed by atoms with Crippen molar-refractivity contribution in [3.63, 3.8) is 0 Å². The van der Waals surface area contributed by atoms with Gasteiger partial charge in [0.15, 0.2) is 11.7 Å². The van der Waals surface area contributed by atoms with Gasteiger partial charge < -0.3 is 0 Å². The zero-order valence-electron chi connectivity index (χ0n) is 14.6. The third-order valence-corrected chi connectivity index (χ3v) is 6.28. The molecule has 0 fully saturated rings. The van der Waals surface area contributed by atoms with E-state index in [9.17, 15) is 0 Å². The van der Waals surface area contributed by atoms with E-state index in [1.807, 2.05) is 0 Å². The molecule has 2 aromatic rings. The molecule has 1 aromatic carbocycles. The Hall–Kier alpha value is -1.63. The fourth-order valence-corrected chi connectivity index (χ4v) is 4.79. The fraction of sp³-hybridized carbons (Fsp3) is 0.476. The Morgan fingerprint density at radius 1 is 0.955 bits per heavy atom. The van der Waals surface area contributed by atoms with Crippen LogP contribution >= 0.6 is 0 Å². The molecule has 1 aromatic heterocycles. The lowest BCUT2D eigenvalue weighted by Crippen LogP contribution is -2.68. The van der Waals surface area contributed by atoms with Crippen molar-refractivity contribution in [3.05, 3.63) is 53.7 Å². The number of aryl methyl sites for hydroxylation is 1. The van der Waals surface area contributed by atoms with E-state index in [0.29, 0.717) is 0 Å². The van der Waals surface area contributed by atoms with E-state index < -0.39 is 0 Å². The highest BCUT2D eigenvalue weighted by molar-refractivity contribution is 5.66.